The molecule has 0 aliphatic rings. The summed E-state index contributed by atoms with van der Waals surface area (Å²) >= 11 is 4.65. The summed E-state index contributed by atoms with van der Waals surface area (Å²) in [7, 11) is 1.34. The van der Waals surface area contributed by atoms with Crippen LogP contribution in [0.15, 0.2) is 15.7 Å². The number of hydrogen-bond acceptors (Lipinski definition) is 6. The minimum Gasteiger partial charge on any atom is -0.469 e. The molecule has 1 aromatic rings. The number of aromatic nitrogens is 1. The molecule has 1 aromatic heterocycles. The Bertz CT molecular complexity index is 510. The first kappa shape index (κ1) is 15.9. The van der Waals surface area contributed by atoms with Crippen LogP contribution in [0.25, 0.3) is 0 Å². The first-order chi connectivity index (χ1) is 8.88. The number of nitro groups is 1. The number of pyridine rings is 1. The average Bonchev–Trinajstić information content (AvgIpc) is 2.38. The number of rotatable bonds is 5. The summed E-state index contributed by atoms with van der Waals surface area (Å²) in [6.45, 7) is 3.41. The number of methoxy groups -OCH3 is 1. The largest absolute Gasteiger partial charge is 0.469 e. The lowest BCUT2D eigenvalue weighted by Gasteiger charge is -2.10. The zero-order valence-corrected chi connectivity index (χ0v) is 13.1. The summed E-state index contributed by atoms with van der Waals surface area (Å²) in [5.41, 5.74) is 0.491. The van der Waals surface area contributed by atoms with Crippen molar-refractivity contribution in [2.45, 2.75) is 18.9 Å². The van der Waals surface area contributed by atoms with Crippen molar-refractivity contribution in [3.05, 3.63) is 26.3 Å². The molecule has 0 saturated heterocycles. The van der Waals surface area contributed by atoms with E-state index in [9.17, 15) is 14.9 Å². The van der Waals surface area contributed by atoms with Crippen LogP contribution >= 0.6 is 27.7 Å². The van der Waals surface area contributed by atoms with E-state index >= 15 is 0 Å². The third-order valence-electron chi connectivity index (χ3n) is 2.48. The van der Waals surface area contributed by atoms with Crippen molar-refractivity contribution in [3.63, 3.8) is 0 Å². The van der Waals surface area contributed by atoms with Gasteiger partial charge in [-0.15, -0.1) is 11.8 Å². The molecule has 0 aliphatic heterocycles. The molecule has 0 saturated carbocycles. The Kier molecular flexibility index (Phi) is 5.74. The molecule has 0 aliphatic carbocycles. The summed E-state index contributed by atoms with van der Waals surface area (Å²) in [6, 6.07) is 0. The van der Waals surface area contributed by atoms with Crippen molar-refractivity contribution in [2.75, 3.05) is 12.9 Å². The number of ether oxygens (including phenoxy) is 1. The van der Waals surface area contributed by atoms with Gasteiger partial charge in [0.15, 0.2) is 0 Å². The van der Waals surface area contributed by atoms with Crippen molar-refractivity contribution in [1.82, 2.24) is 4.98 Å². The van der Waals surface area contributed by atoms with Crippen LogP contribution in [0.5, 0.6) is 0 Å². The molecule has 0 bridgehead atoms. The van der Waals surface area contributed by atoms with E-state index in [2.05, 4.69) is 25.7 Å². The van der Waals surface area contributed by atoms with E-state index in [0.29, 0.717) is 20.8 Å². The Morgan fingerprint density at radius 3 is 2.84 bits per heavy atom. The van der Waals surface area contributed by atoms with E-state index in [0.717, 1.165) is 0 Å². The topological polar surface area (TPSA) is 82.3 Å². The Balaban J connectivity index is 2.84. The number of esters is 1. The van der Waals surface area contributed by atoms with E-state index in [4.69, 9.17) is 0 Å². The summed E-state index contributed by atoms with van der Waals surface area (Å²) in [4.78, 5) is 25.6. The van der Waals surface area contributed by atoms with Crippen LogP contribution in [-0.4, -0.2) is 28.7 Å². The van der Waals surface area contributed by atoms with E-state index in [-0.39, 0.29) is 17.6 Å². The fourth-order valence-electron chi connectivity index (χ4n) is 1.30. The lowest BCUT2D eigenvalue weighted by Crippen LogP contribution is -2.14. The van der Waals surface area contributed by atoms with Crippen molar-refractivity contribution in [3.8, 4) is 0 Å². The van der Waals surface area contributed by atoms with E-state index in [1.54, 1.807) is 13.8 Å². The predicted octanol–water partition coefficient (Wildman–Crippen LogP) is 2.96. The molecule has 19 heavy (non-hydrogen) atoms. The van der Waals surface area contributed by atoms with E-state index in [1.807, 2.05) is 0 Å². The van der Waals surface area contributed by atoms with Gasteiger partial charge in [-0.05, 0) is 22.9 Å². The minimum atomic E-state index is -0.474. The van der Waals surface area contributed by atoms with Gasteiger partial charge in [0, 0.05) is 11.3 Å². The summed E-state index contributed by atoms with van der Waals surface area (Å²) in [5.74, 6) is -0.0586. The van der Waals surface area contributed by atoms with Crippen LogP contribution in [-0.2, 0) is 9.53 Å². The fourth-order valence-corrected chi connectivity index (χ4v) is 2.90. The number of carbonyl (C=O) groups is 1. The zero-order chi connectivity index (χ0) is 14.6. The van der Waals surface area contributed by atoms with Crippen LogP contribution in [0, 0.1) is 23.0 Å². The highest BCUT2D eigenvalue weighted by atomic mass is 79.9. The second-order valence-corrected chi connectivity index (χ2v) is 5.68. The van der Waals surface area contributed by atoms with Gasteiger partial charge in [0.05, 0.1) is 22.4 Å². The molecule has 0 radical (unpaired) electrons. The first-order valence-electron chi connectivity index (χ1n) is 5.38. The van der Waals surface area contributed by atoms with Crippen LogP contribution in [0.1, 0.15) is 12.5 Å². The number of hydrogen-bond donors (Lipinski definition) is 0. The maximum Gasteiger partial charge on any atom is 0.309 e. The zero-order valence-electron chi connectivity index (χ0n) is 10.7. The Morgan fingerprint density at radius 1 is 1.68 bits per heavy atom. The lowest BCUT2D eigenvalue weighted by atomic mass is 10.2. The average molecular weight is 349 g/mol. The van der Waals surface area contributed by atoms with Gasteiger partial charge in [0.25, 0.3) is 5.69 Å². The highest BCUT2D eigenvalue weighted by Gasteiger charge is 2.19. The van der Waals surface area contributed by atoms with E-state index < -0.39 is 4.92 Å². The summed E-state index contributed by atoms with van der Waals surface area (Å²) < 4.78 is 5.22. The molecular formula is C11H13BrN2O4S. The first-order valence-corrected chi connectivity index (χ1v) is 7.16. The smallest absolute Gasteiger partial charge is 0.309 e. The van der Waals surface area contributed by atoms with Crippen LogP contribution in [0.3, 0.4) is 0 Å². The second kappa shape index (κ2) is 6.85. The van der Waals surface area contributed by atoms with Gasteiger partial charge in [-0.25, -0.2) is 4.98 Å². The molecule has 1 atom stereocenters. The normalized spacial score (nSPS) is 12.0. The number of carbonyl (C=O) groups excluding carboxylic acids is 1. The minimum absolute atomic E-state index is 0.0303. The Morgan fingerprint density at radius 2 is 2.32 bits per heavy atom. The standard InChI is InChI=1S/C11H13BrN2O4S/c1-6(11(15)18-3)5-19-10-9(12)7(2)8(4-13-10)14(16)17/h4,6H,5H2,1-3H3. The predicted molar refractivity (Wildman–Crippen MR) is 75.2 cm³/mol. The third-order valence-corrected chi connectivity index (χ3v) is 4.96. The van der Waals surface area contributed by atoms with E-state index in [1.165, 1.54) is 25.1 Å². The third kappa shape index (κ3) is 3.90. The van der Waals surface area contributed by atoms with Gasteiger partial charge in [-0.1, -0.05) is 6.92 Å². The molecule has 1 unspecified atom stereocenters. The highest BCUT2D eigenvalue weighted by molar-refractivity contribution is 9.10. The second-order valence-electron chi connectivity index (χ2n) is 3.88. The number of thioether (sulfide) groups is 1. The van der Waals surface area contributed by atoms with Crippen LogP contribution in [0.4, 0.5) is 5.69 Å². The molecule has 0 spiro atoms. The van der Waals surface area contributed by atoms with Gasteiger partial charge < -0.3 is 4.74 Å². The van der Waals surface area contributed by atoms with Gasteiger partial charge in [0.1, 0.15) is 11.2 Å². The fraction of sp³-hybridized carbons (Fsp3) is 0.455. The molecule has 1 heterocycles. The van der Waals surface area contributed by atoms with Gasteiger partial charge in [-0.2, -0.15) is 0 Å². The maximum absolute atomic E-state index is 11.3. The molecule has 0 aromatic carbocycles. The molecule has 104 valence electrons. The molecule has 0 amide bonds. The summed E-state index contributed by atoms with van der Waals surface area (Å²) in [6.07, 6.45) is 1.23. The van der Waals surface area contributed by atoms with Crippen molar-refractivity contribution in [1.29, 1.82) is 0 Å². The number of nitrogens with zero attached hydrogens (tertiary/aromatic N) is 2. The number of halogens is 1. The van der Waals surface area contributed by atoms with Crippen molar-refractivity contribution < 1.29 is 14.5 Å². The summed E-state index contributed by atoms with van der Waals surface area (Å²) in [5, 5.41) is 11.4. The molecule has 0 fully saturated rings. The molecule has 0 N–H and O–H groups in total. The van der Waals surface area contributed by atoms with Crippen LogP contribution < -0.4 is 0 Å². The lowest BCUT2D eigenvalue weighted by molar-refractivity contribution is -0.385. The molecule has 1 rings (SSSR count). The van der Waals surface area contributed by atoms with Crippen molar-refractivity contribution in [2.24, 2.45) is 5.92 Å². The quantitative estimate of drug-likeness (QED) is 0.352. The molecular weight excluding hydrogens is 336 g/mol. The molecule has 6 nitrogen and oxygen atoms in total. The maximum atomic E-state index is 11.3. The van der Waals surface area contributed by atoms with Gasteiger partial charge in [-0.3, -0.25) is 14.9 Å². The highest BCUT2D eigenvalue weighted by Crippen LogP contribution is 2.33. The molecule has 8 heteroatoms. The van der Waals surface area contributed by atoms with Gasteiger partial charge in [0.2, 0.25) is 0 Å². The van der Waals surface area contributed by atoms with Crippen molar-refractivity contribution >= 4 is 39.3 Å². The van der Waals surface area contributed by atoms with Gasteiger partial charge >= 0.3 is 5.97 Å². The van der Waals surface area contributed by atoms with Crippen LogP contribution in [0.2, 0.25) is 0 Å². The monoisotopic (exact) mass is 348 g/mol. The Labute approximate surface area is 123 Å². The Hall–Kier alpha value is -1.15. The SMILES string of the molecule is COC(=O)C(C)CSc1ncc([N+](=O)[O-])c(C)c1Br.